The molecule has 1 amide bonds. The van der Waals surface area contributed by atoms with Crippen molar-refractivity contribution in [2.45, 2.75) is 25.0 Å². The number of hydrogen-bond donors (Lipinski definition) is 2. The van der Waals surface area contributed by atoms with E-state index >= 15 is 0 Å². The Morgan fingerprint density at radius 1 is 1.44 bits per heavy atom. The molecule has 1 heterocycles. The summed E-state index contributed by atoms with van der Waals surface area (Å²) in [6, 6.07) is 9.68. The Bertz CT molecular complexity index is 393. The molecule has 1 aromatic rings. The van der Waals surface area contributed by atoms with Crippen LogP contribution in [0.3, 0.4) is 0 Å². The fourth-order valence-electron chi connectivity index (χ4n) is 2.09. The van der Waals surface area contributed by atoms with Gasteiger partial charge in [-0.05, 0) is 18.4 Å². The smallest absolute Gasteiger partial charge is 0.251 e. The van der Waals surface area contributed by atoms with E-state index in [1.165, 1.54) is 4.90 Å². The number of likely N-dealkylation sites (tertiary alicyclic amines) is 1. The van der Waals surface area contributed by atoms with Gasteiger partial charge in [-0.3, -0.25) is 4.79 Å². The zero-order chi connectivity index (χ0) is 13.0. The van der Waals surface area contributed by atoms with E-state index in [-0.39, 0.29) is 5.91 Å². The number of carbonyl (C=O) groups excluding carboxylic acids is 1. The number of benzene rings is 1. The maximum absolute atomic E-state index is 11.8. The second-order valence-electron chi connectivity index (χ2n) is 4.60. The molecule has 1 aromatic carbocycles. The normalized spacial score (nSPS) is 21.0. The van der Waals surface area contributed by atoms with Crippen LogP contribution in [0.2, 0.25) is 0 Å². The molecule has 2 N–H and O–H groups in total. The molecule has 1 radical (unpaired) electrons. The molecule has 0 unspecified atom stereocenters. The summed E-state index contributed by atoms with van der Waals surface area (Å²) >= 11 is 0. The van der Waals surface area contributed by atoms with Crippen LogP contribution < -0.4 is 0 Å². The molecule has 2 rings (SSSR count). The van der Waals surface area contributed by atoms with Gasteiger partial charge in [0.05, 0.1) is 6.10 Å². The number of aliphatic hydroxyl groups is 2. The van der Waals surface area contributed by atoms with Crippen molar-refractivity contribution in [3.05, 3.63) is 42.3 Å². The summed E-state index contributed by atoms with van der Waals surface area (Å²) < 4.78 is 0. The maximum atomic E-state index is 11.8. The first-order chi connectivity index (χ1) is 8.66. The Kier molecular flexibility index (Phi) is 4.33. The third-order valence-electron chi connectivity index (χ3n) is 3.15. The standard InChI is InChI=1S/C14H18NO3/c16-12-8-9-15(10-12)14(18)13(17)7-6-11-4-2-1-3-5-11/h1-5,7,12-13,16-17H,6,8-10H2/t12-,13+/m0/s1. The Hall–Kier alpha value is -1.39. The molecule has 0 aromatic heterocycles. The minimum atomic E-state index is -1.09. The average molecular weight is 248 g/mol. The second-order valence-corrected chi connectivity index (χ2v) is 4.60. The number of aliphatic hydroxyl groups excluding tert-OH is 2. The van der Waals surface area contributed by atoms with Crippen LogP contribution in [0.5, 0.6) is 0 Å². The van der Waals surface area contributed by atoms with Crippen molar-refractivity contribution in [2.24, 2.45) is 0 Å². The lowest BCUT2D eigenvalue weighted by Crippen LogP contribution is -2.38. The molecule has 0 saturated carbocycles. The van der Waals surface area contributed by atoms with Crippen LogP contribution in [-0.4, -0.2) is 46.3 Å². The SMILES string of the molecule is O=C([C@H](O)[CH]Cc1ccccc1)N1CC[C@H](O)C1. The molecule has 97 valence electrons. The van der Waals surface area contributed by atoms with Gasteiger partial charge in [-0.2, -0.15) is 0 Å². The fraction of sp³-hybridized carbons (Fsp3) is 0.429. The summed E-state index contributed by atoms with van der Waals surface area (Å²) in [4.78, 5) is 13.4. The van der Waals surface area contributed by atoms with Crippen molar-refractivity contribution in [2.75, 3.05) is 13.1 Å². The molecule has 4 heteroatoms. The first kappa shape index (κ1) is 13.1. The predicted octanol–water partition coefficient (Wildman–Crippen LogP) is 0.387. The number of carbonyl (C=O) groups is 1. The monoisotopic (exact) mass is 248 g/mol. The summed E-state index contributed by atoms with van der Waals surface area (Å²) in [5.74, 6) is -0.317. The lowest BCUT2D eigenvalue weighted by Gasteiger charge is -2.19. The summed E-state index contributed by atoms with van der Waals surface area (Å²) in [5, 5.41) is 19.1. The highest BCUT2D eigenvalue weighted by molar-refractivity contribution is 5.82. The largest absolute Gasteiger partial charge is 0.391 e. The van der Waals surface area contributed by atoms with Crippen LogP contribution in [0.15, 0.2) is 30.3 Å². The number of β-amino-alcohol motifs (C(OH)–C–C–N with tert-alkyl or cyclic N) is 1. The third kappa shape index (κ3) is 3.31. The first-order valence-electron chi connectivity index (χ1n) is 6.19. The molecule has 0 spiro atoms. The van der Waals surface area contributed by atoms with Gasteiger partial charge in [0.25, 0.3) is 5.91 Å². The molecule has 1 fully saturated rings. The van der Waals surface area contributed by atoms with E-state index in [9.17, 15) is 15.0 Å². The summed E-state index contributed by atoms with van der Waals surface area (Å²) in [7, 11) is 0. The molecule has 1 aliphatic rings. The van der Waals surface area contributed by atoms with Crippen LogP contribution in [0.4, 0.5) is 0 Å². The van der Waals surface area contributed by atoms with E-state index in [0.29, 0.717) is 25.9 Å². The zero-order valence-electron chi connectivity index (χ0n) is 10.2. The zero-order valence-corrected chi connectivity index (χ0v) is 10.2. The Morgan fingerprint density at radius 3 is 2.78 bits per heavy atom. The van der Waals surface area contributed by atoms with Crippen molar-refractivity contribution in [1.29, 1.82) is 0 Å². The van der Waals surface area contributed by atoms with E-state index in [1.54, 1.807) is 6.42 Å². The van der Waals surface area contributed by atoms with E-state index in [2.05, 4.69) is 0 Å². The van der Waals surface area contributed by atoms with Gasteiger partial charge >= 0.3 is 0 Å². The van der Waals surface area contributed by atoms with Gasteiger partial charge in [0, 0.05) is 19.5 Å². The summed E-state index contributed by atoms with van der Waals surface area (Å²) in [5.41, 5.74) is 1.06. The molecule has 18 heavy (non-hydrogen) atoms. The van der Waals surface area contributed by atoms with Gasteiger partial charge in [0.2, 0.25) is 0 Å². The van der Waals surface area contributed by atoms with Gasteiger partial charge in [-0.15, -0.1) is 0 Å². The lowest BCUT2D eigenvalue weighted by atomic mass is 10.1. The highest BCUT2D eigenvalue weighted by Crippen LogP contribution is 2.12. The second kappa shape index (κ2) is 5.98. The number of hydrogen-bond acceptors (Lipinski definition) is 3. The third-order valence-corrected chi connectivity index (χ3v) is 3.15. The van der Waals surface area contributed by atoms with Crippen molar-refractivity contribution in [1.82, 2.24) is 4.90 Å². The van der Waals surface area contributed by atoms with E-state index in [0.717, 1.165) is 5.56 Å². The van der Waals surface area contributed by atoms with Crippen LogP contribution in [0.25, 0.3) is 0 Å². The van der Waals surface area contributed by atoms with E-state index < -0.39 is 12.2 Å². The molecule has 1 saturated heterocycles. The van der Waals surface area contributed by atoms with Gasteiger partial charge in [0.1, 0.15) is 6.10 Å². The predicted molar refractivity (Wildman–Crippen MR) is 67.7 cm³/mol. The molecular weight excluding hydrogens is 230 g/mol. The average Bonchev–Trinajstić information content (AvgIpc) is 2.83. The lowest BCUT2D eigenvalue weighted by molar-refractivity contribution is -0.137. The van der Waals surface area contributed by atoms with Crippen LogP contribution >= 0.6 is 0 Å². The number of rotatable bonds is 4. The fourth-order valence-corrected chi connectivity index (χ4v) is 2.09. The van der Waals surface area contributed by atoms with Crippen LogP contribution in [0.1, 0.15) is 12.0 Å². The van der Waals surface area contributed by atoms with E-state index in [1.807, 2.05) is 30.3 Å². The summed E-state index contributed by atoms with van der Waals surface area (Å²) in [6.45, 7) is 0.852. The van der Waals surface area contributed by atoms with Gasteiger partial charge in [-0.25, -0.2) is 0 Å². The van der Waals surface area contributed by atoms with Crippen LogP contribution in [0, 0.1) is 6.42 Å². The Morgan fingerprint density at radius 2 is 2.17 bits per heavy atom. The van der Waals surface area contributed by atoms with Gasteiger partial charge in [-0.1, -0.05) is 30.3 Å². The van der Waals surface area contributed by atoms with Crippen molar-refractivity contribution in [3.8, 4) is 0 Å². The van der Waals surface area contributed by atoms with Crippen molar-refractivity contribution >= 4 is 5.91 Å². The Balaban J connectivity index is 1.81. The van der Waals surface area contributed by atoms with Crippen LogP contribution in [-0.2, 0) is 11.2 Å². The maximum Gasteiger partial charge on any atom is 0.251 e. The Labute approximate surface area is 107 Å². The number of nitrogens with zero attached hydrogens (tertiary/aromatic N) is 1. The quantitative estimate of drug-likeness (QED) is 0.810. The molecule has 4 nitrogen and oxygen atoms in total. The molecule has 2 atom stereocenters. The minimum Gasteiger partial charge on any atom is -0.391 e. The molecule has 1 aliphatic heterocycles. The van der Waals surface area contributed by atoms with Gasteiger partial charge < -0.3 is 15.1 Å². The topological polar surface area (TPSA) is 60.8 Å². The summed E-state index contributed by atoms with van der Waals surface area (Å²) in [6.07, 6.45) is 1.22. The highest BCUT2D eigenvalue weighted by Gasteiger charge is 2.28. The first-order valence-corrected chi connectivity index (χ1v) is 6.19. The molecule has 0 bridgehead atoms. The molecular formula is C14H18NO3. The minimum absolute atomic E-state index is 0.317. The van der Waals surface area contributed by atoms with Crippen molar-refractivity contribution < 1.29 is 15.0 Å². The van der Waals surface area contributed by atoms with E-state index in [4.69, 9.17) is 0 Å². The van der Waals surface area contributed by atoms with Gasteiger partial charge in [0.15, 0.2) is 0 Å². The number of amides is 1. The highest BCUT2D eigenvalue weighted by atomic mass is 16.3. The van der Waals surface area contributed by atoms with Crippen molar-refractivity contribution in [3.63, 3.8) is 0 Å². The molecule has 0 aliphatic carbocycles.